The van der Waals surface area contributed by atoms with Gasteiger partial charge in [0.25, 0.3) is 0 Å². The molecule has 0 radical (unpaired) electrons. The van der Waals surface area contributed by atoms with E-state index >= 15 is 0 Å². The Bertz CT molecular complexity index is 766. The molecule has 0 spiro atoms. The topological polar surface area (TPSA) is 49.4 Å². The molecule has 0 unspecified atom stereocenters. The highest BCUT2D eigenvalue weighted by Gasteiger charge is 2.16. The Labute approximate surface area is 155 Å². The summed E-state index contributed by atoms with van der Waals surface area (Å²) in [4.78, 5) is 25.3. The summed E-state index contributed by atoms with van der Waals surface area (Å²) in [5.41, 5.74) is 1.25. The maximum atomic E-state index is 12.8. The van der Waals surface area contributed by atoms with Gasteiger partial charge in [-0.2, -0.15) is 0 Å². The Hall–Kier alpha value is -2.11. The lowest BCUT2D eigenvalue weighted by molar-refractivity contribution is -0.121. The first-order valence-corrected chi connectivity index (χ1v) is 8.36. The Morgan fingerprint density at radius 1 is 1.12 bits per heavy atom. The van der Waals surface area contributed by atoms with Crippen molar-refractivity contribution in [2.45, 2.75) is 19.9 Å². The van der Waals surface area contributed by atoms with Gasteiger partial charge in [-0.1, -0.05) is 35.3 Å². The maximum Gasteiger partial charge on any atom is 0.223 e. The number of benzene rings is 2. The van der Waals surface area contributed by atoms with E-state index in [4.69, 9.17) is 23.2 Å². The number of hydrogen-bond acceptors (Lipinski definition) is 2. The van der Waals surface area contributed by atoms with Gasteiger partial charge < -0.3 is 10.2 Å². The van der Waals surface area contributed by atoms with Crippen LogP contribution < -0.4 is 10.2 Å². The minimum atomic E-state index is -0.328. The summed E-state index contributed by atoms with van der Waals surface area (Å²) in [6, 6.07) is 10.7. The van der Waals surface area contributed by atoms with Gasteiger partial charge in [0.2, 0.25) is 11.8 Å². The molecule has 2 aromatic rings. The van der Waals surface area contributed by atoms with Gasteiger partial charge >= 0.3 is 0 Å². The normalized spacial score (nSPS) is 10.4. The molecular formula is C18H17Cl2FN2O2. The highest BCUT2D eigenvalue weighted by atomic mass is 35.5. The molecule has 0 heterocycles. The third kappa shape index (κ3) is 5.73. The van der Waals surface area contributed by atoms with Crippen molar-refractivity contribution in [3.63, 3.8) is 0 Å². The molecule has 0 saturated heterocycles. The number of amides is 2. The van der Waals surface area contributed by atoms with Gasteiger partial charge in [-0.3, -0.25) is 9.59 Å². The van der Waals surface area contributed by atoms with Crippen LogP contribution in [0, 0.1) is 5.82 Å². The molecule has 0 aliphatic rings. The second kappa shape index (κ2) is 8.83. The standard InChI is InChI=1S/C18H17Cl2FN2O2/c1-12(24)23(17-10-14(19)4-7-16(17)20)9-8-18(25)22-11-13-2-5-15(21)6-3-13/h2-7,10H,8-9,11H2,1H3,(H,22,25). The average molecular weight is 383 g/mol. The van der Waals surface area contributed by atoms with Crippen LogP contribution in [0.25, 0.3) is 0 Å². The van der Waals surface area contributed by atoms with E-state index in [1.165, 1.54) is 24.0 Å². The number of carbonyl (C=O) groups is 2. The number of carbonyl (C=O) groups excluding carboxylic acids is 2. The summed E-state index contributed by atoms with van der Waals surface area (Å²) in [5.74, 6) is -0.796. The second-order valence-corrected chi connectivity index (χ2v) is 6.26. The first-order chi connectivity index (χ1) is 11.9. The van der Waals surface area contributed by atoms with Gasteiger partial charge in [-0.25, -0.2) is 4.39 Å². The Balaban J connectivity index is 1.94. The number of rotatable bonds is 6. The molecule has 0 aromatic heterocycles. The van der Waals surface area contributed by atoms with E-state index in [1.54, 1.807) is 30.3 Å². The fourth-order valence-electron chi connectivity index (χ4n) is 2.24. The third-order valence-electron chi connectivity index (χ3n) is 3.54. The molecule has 132 valence electrons. The quantitative estimate of drug-likeness (QED) is 0.813. The predicted octanol–water partition coefficient (Wildman–Crippen LogP) is 4.19. The van der Waals surface area contributed by atoms with Crippen molar-refractivity contribution in [3.8, 4) is 0 Å². The van der Waals surface area contributed by atoms with Gasteiger partial charge in [0.15, 0.2) is 0 Å². The van der Waals surface area contributed by atoms with E-state index < -0.39 is 0 Å². The van der Waals surface area contributed by atoms with Crippen LogP contribution in [0.5, 0.6) is 0 Å². The second-order valence-electron chi connectivity index (χ2n) is 5.42. The van der Waals surface area contributed by atoms with Gasteiger partial charge in [0, 0.05) is 31.5 Å². The van der Waals surface area contributed by atoms with Crippen molar-refractivity contribution in [1.29, 1.82) is 0 Å². The van der Waals surface area contributed by atoms with Crippen molar-refractivity contribution in [3.05, 3.63) is 63.9 Å². The van der Waals surface area contributed by atoms with E-state index in [-0.39, 0.29) is 37.1 Å². The van der Waals surface area contributed by atoms with E-state index in [9.17, 15) is 14.0 Å². The summed E-state index contributed by atoms with van der Waals surface area (Å²) in [5, 5.41) is 3.56. The molecule has 0 saturated carbocycles. The number of nitrogens with zero attached hydrogens (tertiary/aromatic N) is 1. The summed E-state index contributed by atoms with van der Waals surface area (Å²) < 4.78 is 12.8. The van der Waals surface area contributed by atoms with E-state index in [0.717, 1.165) is 5.56 Å². The van der Waals surface area contributed by atoms with Crippen LogP contribution in [0.15, 0.2) is 42.5 Å². The zero-order chi connectivity index (χ0) is 18.4. The molecule has 7 heteroatoms. The first kappa shape index (κ1) is 19.2. The maximum absolute atomic E-state index is 12.8. The largest absolute Gasteiger partial charge is 0.352 e. The molecule has 0 fully saturated rings. The highest BCUT2D eigenvalue weighted by molar-refractivity contribution is 6.35. The summed E-state index contributed by atoms with van der Waals surface area (Å²) >= 11 is 12.1. The Morgan fingerprint density at radius 2 is 1.80 bits per heavy atom. The van der Waals surface area contributed by atoms with Crippen molar-refractivity contribution in [2.24, 2.45) is 0 Å². The number of halogens is 3. The molecule has 1 N–H and O–H groups in total. The van der Waals surface area contributed by atoms with Crippen LogP contribution in [0.1, 0.15) is 18.9 Å². The molecule has 25 heavy (non-hydrogen) atoms. The van der Waals surface area contributed by atoms with Gasteiger partial charge in [-0.15, -0.1) is 0 Å². The van der Waals surface area contributed by atoms with Crippen LogP contribution in [0.3, 0.4) is 0 Å². The van der Waals surface area contributed by atoms with E-state index in [1.807, 2.05) is 0 Å². The average Bonchev–Trinajstić information content (AvgIpc) is 2.57. The smallest absolute Gasteiger partial charge is 0.223 e. The molecule has 0 aliphatic carbocycles. The van der Waals surface area contributed by atoms with Gasteiger partial charge in [-0.05, 0) is 35.9 Å². The first-order valence-electron chi connectivity index (χ1n) is 7.61. The minimum absolute atomic E-state index is 0.101. The van der Waals surface area contributed by atoms with Crippen LogP contribution >= 0.6 is 23.2 Å². The highest BCUT2D eigenvalue weighted by Crippen LogP contribution is 2.29. The van der Waals surface area contributed by atoms with Gasteiger partial charge in [0.05, 0.1) is 10.7 Å². The van der Waals surface area contributed by atoms with Gasteiger partial charge in [0.1, 0.15) is 5.82 Å². The zero-order valence-corrected chi connectivity index (χ0v) is 15.1. The molecular weight excluding hydrogens is 366 g/mol. The van der Waals surface area contributed by atoms with Crippen molar-refractivity contribution >= 4 is 40.7 Å². The number of anilines is 1. The van der Waals surface area contributed by atoms with Crippen LogP contribution in [0.2, 0.25) is 10.0 Å². The lowest BCUT2D eigenvalue weighted by Crippen LogP contribution is -2.34. The van der Waals surface area contributed by atoms with Crippen molar-refractivity contribution in [2.75, 3.05) is 11.4 Å². The molecule has 0 atom stereocenters. The van der Waals surface area contributed by atoms with E-state index in [0.29, 0.717) is 15.7 Å². The summed E-state index contributed by atoms with van der Waals surface area (Å²) in [6.07, 6.45) is 0.101. The van der Waals surface area contributed by atoms with E-state index in [2.05, 4.69) is 5.32 Å². The molecule has 0 aliphatic heterocycles. The Kier molecular flexibility index (Phi) is 6.79. The molecule has 2 aromatic carbocycles. The third-order valence-corrected chi connectivity index (χ3v) is 4.10. The van der Waals surface area contributed by atoms with Crippen molar-refractivity contribution in [1.82, 2.24) is 5.32 Å². The lowest BCUT2D eigenvalue weighted by Gasteiger charge is -2.22. The SMILES string of the molecule is CC(=O)N(CCC(=O)NCc1ccc(F)cc1)c1cc(Cl)ccc1Cl. The fourth-order valence-corrected chi connectivity index (χ4v) is 2.63. The Morgan fingerprint density at radius 3 is 2.44 bits per heavy atom. The molecule has 0 bridgehead atoms. The lowest BCUT2D eigenvalue weighted by atomic mass is 10.2. The van der Waals surface area contributed by atoms with Crippen molar-refractivity contribution < 1.29 is 14.0 Å². The zero-order valence-electron chi connectivity index (χ0n) is 13.6. The fraction of sp³-hybridized carbons (Fsp3) is 0.222. The van der Waals surface area contributed by atoms with Crippen LogP contribution in [0.4, 0.5) is 10.1 Å². The number of hydrogen-bond donors (Lipinski definition) is 1. The monoisotopic (exact) mass is 382 g/mol. The molecule has 2 rings (SSSR count). The van der Waals surface area contributed by atoms with Crippen LogP contribution in [-0.4, -0.2) is 18.4 Å². The molecule has 2 amide bonds. The number of nitrogens with one attached hydrogen (secondary N) is 1. The predicted molar refractivity (Wildman–Crippen MR) is 97.4 cm³/mol. The summed E-state index contributed by atoms with van der Waals surface area (Å²) in [7, 11) is 0. The van der Waals surface area contributed by atoms with Crippen LogP contribution in [-0.2, 0) is 16.1 Å². The summed E-state index contributed by atoms with van der Waals surface area (Å²) in [6.45, 7) is 1.86. The minimum Gasteiger partial charge on any atom is -0.352 e. The molecule has 4 nitrogen and oxygen atoms in total.